The third-order valence-corrected chi connectivity index (χ3v) is 4.72. The molecule has 0 atom stereocenters. The van der Waals surface area contributed by atoms with E-state index >= 15 is 0 Å². The summed E-state index contributed by atoms with van der Waals surface area (Å²) in [6.07, 6.45) is 1.15. The lowest BCUT2D eigenvalue weighted by molar-refractivity contribution is 0.534. The summed E-state index contributed by atoms with van der Waals surface area (Å²) >= 11 is 7.20. The second kappa shape index (κ2) is 5.16. The van der Waals surface area contributed by atoms with E-state index in [4.69, 9.17) is 0 Å². The van der Waals surface area contributed by atoms with Crippen LogP contribution in [0.25, 0.3) is 0 Å². The van der Waals surface area contributed by atoms with Gasteiger partial charge in [0, 0.05) is 16.1 Å². The summed E-state index contributed by atoms with van der Waals surface area (Å²) in [6.45, 7) is 2.23. The molecule has 13 heavy (non-hydrogen) atoms. The Bertz CT molecular complexity index is 231. The van der Waals surface area contributed by atoms with Gasteiger partial charge < -0.3 is 0 Å². The van der Waals surface area contributed by atoms with Gasteiger partial charge in [0.05, 0.1) is 0 Å². The molecule has 1 rings (SSSR count). The molecule has 0 aliphatic heterocycles. The Morgan fingerprint density at radius 3 is 2.00 bits per heavy atom. The van der Waals surface area contributed by atoms with Crippen LogP contribution in [-0.4, -0.2) is 10.7 Å². The molecule has 0 heterocycles. The van der Waals surface area contributed by atoms with E-state index in [1.54, 1.807) is 0 Å². The van der Waals surface area contributed by atoms with Crippen molar-refractivity contribution >= 4 is 31.9 Å². The van der Waals surface area contributed by atoms with Crippen molar-refractivity contribution in [2.75, 3.05) is 10.7 Å². The van der Waals surface area contributed by atoms with E-state index in [9.17, 15) is 0 Å². The van der Waals surface area contributed by atoms with Gasteiger partial charge in [-0.25, -0.2) is 0 Å². The van der Waals surface area contributed by atoms with E-state index in [2.05, 4.69) is 69.1 Å². The summed E-state index contributed by atoms with van der Waals surface area (Å²) in [6, 6.07) is 10.7. The smallest absolute Gasteiger partial charge is 0.0144 e. The molecule has 1 aromatic rings. The summed E-state index contributed by atoms with van der Waals surface area (Å²) in [5.41, 5.74) is 1.66. The topological polar surface area (TPSA) is 0 Å². The highest BCUT2D eigenvalue weighted by Crippen LogP contribution is 2.31. The Morgan fingerprint density at radius 2 is 1.62 bits per heavy atom. The first-order valence-corrected chi connectivity index (χ1v) is 6.71. The van der Waals surface area contributed by atoms with Crippen molar-refractivity contribution in [3.8, 4) is 0 Å². The highest BCUT2D eigenvalue weighted by Gasteiger charge is 2.27. The predicted octanol–water partition coefficient (Wildman–Crippen LogP) is 4.12. The van der Waals surface area contributed by atoms with Crippen molar-refractivity contribution in [3.63, 3.8) is 0 Å². The summed E-state index contributed by atoms with van der Waals surface area (Å²) in [5, 5.41) is 2.01. The summed E-state index contributed by atoms with van der Waals surface area (Å²) in [7, 11) is 0. The van der Waals surface area contributed by atoms with E-state index in [1.165, 1.54) is 5.56 Å². The zero-order valence-electron chi connectivity index (χ0n) is 7.76. The minimum atomic E-state index is 0.251. The zero-order chi connectivity index (χ0) is 9.73. The van der Waals surface area contributed by atoms with Crippen LogP contribution in [0.5, 0.6) is 0 Å². The summed E-state index contributed by atoms with van der Waals surface area (Å²) in [5.74, 6) is 0. The lowest BCUT2D eigenvalue weighted by Gasteiger charge is -2.29. The molecule has 0 radical (unpaired) electrons. The van der Waals surface area contributed by atoms with Crippen LogP contribution in [0.15, 0.2) is 30.3 Å². The highest BCUT2D eigenvalue weighted by atomic mass is 79.9. The quantitative estimate of drug-likeness (QED) is 0.734. The Morgan fingerprint density at radius 1 is 1.08 bits per heavy atom. The van der Waals surface area contributed by atoms with Crippen LogP contribution < -0.4 is 0 Å². The lowest BCUT2D eigenvalue weighted by atomic mass is 9.82. The number of hydrogen-bond acceptors (Lipinski definition) is 0. The van der Waals surface area contributed by atoms with Gasteiger partial charge in [-0.15, -0.1) is 0 Å². The van der Waals surface area contributed by atoms with Crippen molar-refractivity contribution in [3.05, 3.63) is 35.9 Å². The van der Waals surface area contributed by atoms with Crippen LogP contribution in [0.2, 0.25) is 0 Å². The molecule has 0 aliphatic carbocycles. The summed E-state index contributed by atoms with van der Waals surface area (Å²) < 4.78 is 0. The molecule has 0 nitrogen and oxygen atoms in total. The molecule has 0 saturated heterocycles. The van der Waals surface area contributed by atoms with Gasteiger partial charge >= 0.3 is 0 Å². The number of benzene rings is 1. The van der Waals surface area contributed by atoms with Crippen molar-refractivity contribution in [1.29, 1.82) is 0 Å². The second-order valence-electron chi connectivity index (χ2n) is 3.27. The molecular formula is C11H14Br2. The zero-order valence-corrected chi connectivity index (χ0v) is 10.9. The van der Waals surface area contributed by atoms with Crippen molar-refractivity contribution < 1.29 is 0 Å². The maximum Gasteiger partial charge on any atom is 0.0144 e. The molecule has 0 aliphatic rings. The Kier molecular flexibility index (Phi) is 4.47. The van der Waals surface area contributed by atoms with Gasteiger partial charge in [0.1, 0.15) is 0 Å². The molecule has 0 aromatic heterocycles. The Balaban J connectivity index is 3.01. The maximum absolute atomic E-state index is 3.60. The van der Waals surface area contributed by atoms with Crippen LogP contribution in [-0.2, 0) is 5.41 Å². The molecule has 0 fully saturated rings. The van der Waals surface area contributed by atoms with Crippen molar-refractivity contribution in [2.45, 2.75) is 18.8 Å². The van der Waals surface area contributed by atoms with Crippen LogP contribution >= 0.6 is 31.9 Å². The second-order valence-corrected chi connectivity index (χ2v) is 4.39. The third-order valence-electron chi connectivity index (χ3n) is 2.57. The van der Waals surface area contributed by atoms with Gasteiger partial charge in [-0.05, 0) is 12.0 Å². The summed E-state index contributed by atoms with van der Waals surface area (Å²) in [4.78, 5) is 0. The van der Waals surface area contributed by atoms with Gasteiger partial charge in [0.15, 0.2) is 0 Å². The van der Waals surface area contributed by atoms with Crippen molar-refractivity contribution in [1.82, 2.24) is 0 Å². The monoisotopic (exact) mass is 304 g/mol. The standard InChI is InChI=1S/C11H14Br2/c1-2-11(8-12,9-13)10-6-4-3-5-7-10/h3-7H,2,8-9H2,1H3. The van der Waals surface area contributed by atoms with Crippen LogP contribution in [0.3, 0.4) is 0 Å². The van der Waals surface area contributed by atoms with Crippen molar-refractivity contribution in [2.24, 2.45) is 0 Å². The van der Waals surface area contributed by atoms with E-state index < -0.39 is 0 Å². The number of rotatable bonds is 4. The predicted molar refractivity (Wildman–Crippen MR) is 66.0 cm³/mol. The van der Waals surface area contributed by atoms with Crippen LogP contribution in [0.4, 0.5) is 0 Å². The molecule has 0 amide bonds. The lowest BCUT2D eigenvalue weighted by Crippen LogP contribution is -2.28. The van der Waals surface area contributed by atoms with E-state index in [-0.39, 0.29) is 5.41 Å². The number of alkyl halides is 2. The molecule has 2 heteroatoms. The molecule has 0 N–H and O–H groups in total. The van der Waals surface area contributed by atoms with E-state index in [0.29, 0.717) is 0 Å². The van der Waals surface area contributed by atoms with Crippen LogP contribution in [0.1, 0.15) is 18.9 Å². The van der Waals surface area contributed by atoms with Crippen LogP contribution in [0, 0.1) is 0 Å². The average Bonchev–Trinajstić information content (AvgIpc) is 2.23. The Hall–Kier alpha value is 0.180. The van der Waals surface area contributed by atoms with E-state index in [1.807, 2.05) is 0 Å². The molecule has 1 aromatic carbocycles. The highest BCUT2D eigenvalue weighted by molar-refractivity contribution is 9.09. The fourth-order valence-electron chi connectivity index (χ4n) is 1.37. The fraction of sp³-hybridized carbons (Fsp3) is 0.455. The molecular weight excluding hydrogens is 292 g/mol. The third kappa shape index (κ3) is 2.35. The number of halogens is 2. The maximum atomic E-state index is 3.60. The first-order valence-electron chi connectivity index (χ1n) is 4.46. The largest absolute Gasteiger partial charge is 0.0918 e. The number of hydrogen-bond donors (Lipinski definition) is 0. The van der Waals surface area contributed by atoms with Gasteiger partial charge in [-0.2, -0.15) is 0 Å². The molecule has 0 spiro atoms. The van der Waals surface area contributed by atoms with Gasteiger partial charge in [0.2, 0.25) is 0 Å². The first kappa shape index (κ1) is 11.3. The SMILES string of the molecule is CCC(CBr)(CBr)c1ccccc1. The normalized spacial score (nSPS) is 11.6. The fourth-order valence-corrected chi connectivity index (χ4v) is 3.74. The average molecular weight is 306 g/mol. The minimum Gasteiger partial charge on any atom is -0.0918 e. The Labute approximate surface area is 97.0 Å². The van der Waals surface area contributed by atoms with E-state index in [0.717, 1.165) is 17.1 Å². The molecule has 0 bridgehead atoms. The van der Waals surface area contributed by atoms with Gasteiger partial charge in [0.25, 0.3) is 0 Å². The molecule has 0 unspecified atom stereocenters. The molecule has 0 saturated carbocycles. The van der Waals surface area contributed by atoms with Gasteiger partial charge in [-0.3, -0.25) is 0 Å². The van der Waals surface area contributed by atoms with Gasteiger partial charge in [-0.1, -0.05) is 69.1 Å². The molecule has 72 valence electrons. The first-order chi connectivity index (χ1) is 6.29. The minimum absolute atomic E-state index is 0.251.